The van der Waals surface area contributed by atoms with Crippen molar-refractivity contribution in [2.75, 3.05) is 63.1 Å². The number of ether oxygens (including phenoxy) is 1. The van der Waals surface area contributed by atoms with Crippen molar-refractivity contribution in [3.8, 4) is 0 Å². The molecule has 4 fully saturated rings. The maximum atomic E-state index is 12.6. The lowest BCUT2D eigenvalue weighted by Crippen LogP contribution is -2.56. The van der Waals surface area contributed by atoms with Gasteiger partial charge < -0.3 is 30.5 Å². The molecule has 3 atom stereocenters. The molecule has 2 unspecified atom stereocenters. The first-order valence-electron chi connectivity index (χ1n) is 14.5. The van der Waals surface area contributed by atoms with Crippen molar-refractivity contribution in [1.82, 2.24) is 24.7 Å². The van der Waals surface area contributed by atoms with E-state index in [1.54, 1.807) is 11.1 Å². The molecule has 1 aromatic heterocycles. The number of nitrogens with two attached hydrogens (primary N) is 1. The molecule has 40 heavy (non-hydrogen) atoms. The highest BCUT2D eigenvalue weighted by Crippen LogP contribution is 2.32. The quantitative estimate of drug-likeness (QED) is 0.542. The molecule has 5 heterocycles. The number of benzene rings is 1. The molecule has 3 amide bonds. The van der Waals surface area contributed by atoms with Crippen molar-refractivity contribution >= 4 is 29.3 Å². The minimum atomic E-state index is -0.627. The highest BCUT2D eigenvalue weighted by atomic mass is 16.5. The maximum Gasteiger partial charge on any atom is 0.320 e. The Morgan fingerprint density at radius 2 is 1.85 bits per heavy atom. The number of anilines is 3. The van der Waals surface area contributed by atoms with E-state index in [9.17, 15) is 9.59 Å². The monoisotopic (exact) mass is 548 g/mol. The van der Waals surface area contributed by atoms with Crippen LogP contribution in [0, 0.1) is 0 Å². The number of nitrogens with zero attached hydrogens (tertiary/aromatic N) is 6. The number of urea groups is 1. The predicted molar refractivity (Wildman–Crippen MR) is 153 cm³/mol. The Bertz CT molecular complexity index is 1230. The van der Waals surface area contributed by atoms with Crippen molar-refractivity contribution in [2.24, 2.45) is 5.73 Å². The smallest absolute Gasteiger partial charge is 0.320 e. The molecule has 0 spiro atoms. The Labute approximate surface area is 235 Å². The zero-order valence-electron chi connectivity index (χ0n) is 23.5. The molecule has 0 bridgehead atoms. The second-order valence-corrected chi connectivity index (χ2v) is 11.6. The molecule has 1 aromatic carbocycles. The highest BCUT2D eigenvalue weighted by Gasteiger charge is 2.36. The van der Waals surface area contributed by atoms with Crippen LogP contribution in [0.5, 0.6) is 0 Å². The van der Waals surface area contributed by atoms with Crippen molar-refractivity contribution in [2.45, 2.75) is 56.7 Å². The van der Waals surface area contributed by atoms with Gasteiger partial charge in [0.2, 0.25) is 0 Å². The number of amides is 3. The average molecular weight is 549 g/mol. The molecule has 6 rings (SSSR count). The first-order chi connectivity index (χ1) is 19.4. The molecule has 2 aromatic rings. The SMILES string of the molecule is CC1OCC1N1CCC(c2ccc(Nc3nc(N4CCC[C@@H](N5CCN(C)C5=O)C4)cnc3C(N)=O)cc2)CC1. The van der Waals surface area contributed by atoms with E-state index in [2.05, 4.69) is 39.2 Å². The molecule has 11 heteroatoms. The number of likely N-dealkylation sites (N-methyl/N-ethyl adjacent to an activating group) is 1. The van der Waals surface area contributed by atoms with Crippen LogP contribution in [0.1, 0.15) is 54.6 Å². The Morgan fingerprint density at radius 1 is 1.07 bits per heavy atom. The third-order valence-corrected chi connectivity index (χ3v) is 9.12. The first kappa shape index (κ1) is 26.8. The largest absolute Gasteiger partial charge is 0.375 e. The number of piperidine rings is 2. The van der Waals surface area contributed by atoms with E-state index in [4.69, 9.17) is 15.5 Å². The molecule has 3 N–H and O–H groups in total. The zero-order valence-corrected chi connectivity index (χ0v) is 23.5. The van der Waals surface area contributed by atoms with Gasteiger partial charge in [0.05, 0.1) is 31.0 Å². The van der Waals surface area contributed by atoms with E-state index in [1.165, 1.54) is 5.56 Å². The molecule has 4 saturated heterocycles. The van der Waals surface area contributed by atoms with E-state index < -0.39 is 5.91 Å². The summed E-state index contributed by atoms with van der Waals surface area (Å²) in [6, 6.07) is 9.19. The van der Waals surface area contributed by atoms with E-state index in [0.717, 1.165) is 70.7 Å². The second-order valence-electron chi connectivity index (χ2n) is 11.6. The van der Waals surface area contributed by atoms with Gasteiger partial charge in [0.15, 0.2) is 11.5 Å². The number of hydrogen-bond donors (Lipinski definition) is 2. The molecule has 0 aliphatic carbocycles. The minimum absolute atomic E-state index is 0.0842. The molecule has 11 nitrogen and oxygen atoms in total. The number of carbonyl (C=O) groups excluding carboxylic acids is 2. The highest BCUT2D eigenvalue weighted by molar-refractivity contribution is 5.96. The van der Waals surface area contributed by atoms with E-state index in [0.29, 0.717) is 36.2 Å². The van der Waals surface area contributed by atoms with Gasteiger partial charge >= 0.3 is 6.03 Å². The molecular formula is C29H40N8O3. The third kappa shape index (κ3) is 5.32. The number of primary amides is 1. The van der Waals surface area contributed by atoms with E-state index in [-0.39, 0.29) is 17.8 Å². The van der Waals surface area contributed by atoms with Crippen LogP contribution in [0.15, 0.2) is 30.5 Å². The van der Waals surface area contributed by atoms with Gasteiger partial charge in [-0.2, -0.15) is 0 Å². The fourth-order valence-corrected chi connectivity index (χ4v) is 6.54. The Morgan fingerprint density at radius 3 is 2.48 bits per heavy atom. The number of likely N-dealkylation sites (tertiary alicyclic amines) is 1. The Balaban J connectivity index is 1.12. The summed E-state index contributed by atoms with van der Waals surface area (Å²) in [5.74, 6) is 0.937. The molecule has 0 saturated carbocycles. The molecule has 4 aliphatic heterocycles. The van der Waals surface area contributed by atoms with Crippen LogP contribution in [-0.4, -0.2) is 108 Å². The summed E-state index contributed by atoms with van der Waals surface area (Å²) in [6.45, 7) is 8.23. The lowest BCUT2D eigenvalue weighted by Gasteiger charge is -2.45. The van der Waals surface area contributed by atoms with Gasteiger partial charge in [-0.3, -0.25) is 9.69 Å². The van der Waals surface area contributed by atoms with Gasteiger partial charge in [-0.15, -0.1) is 0 Å². The van der Waals surface area contributed by atoms with Crippen LogP contribution in [0.4, 0.5) is 22.1 Å². The Hall–Kier alpha value is -3.44. The van der Waals surface area contributed by atoms with Gasteiger partial charge in [0.25, 0.3) is 5.91 Å². The topological polar surface area (TPSA) is 120 Å². The number of nitrogens with one attached hydrogen (secondary N) is 1. The minimum Gasteiger partial charge on any atom is -0.375 e. The standard InChI is InChI=1S/C29H40N8O3/c1-19-24(18-40-19)35-12-9-21(10-13-35)20-5-7-22(8-6-20)32-28-26(27(30)38)31-16-25(33-28)36-11-3-4-23(17-36)37-15-14-34(2)29(37)39/h5-8,16,19,21,23-24H,3-4,9-15,17-18H2,1-2H3,(H2,30,38)(H,32,33)/t19?,23-,24?/m1/s1. The Kier molecular flexibility index (Phi) is 7.50. The van der Waals surface area contributed by atoms with Crippen molar-refractivity contribution in [3.05, 3.63) is 41.7 Å². The normalized spacial score (nSPS) is 26.2. The lowest BCUT2D eigenvalue weighted by atomic mass is 9.88. The number of aromatic nitrogens is 2. The van der Waals surface area contributed by atoms with Crippen molar-refractivity contribution in [3.63, 3.8) is 0 Å². The van der Waals surface area contributed by atoms with Crippen LogP contribution in [-0.2, 0) is 4.74 Å². The molecular weight excluding hydrogens is 508 g/mol. The van der Waals surface area contributed by atoms with Gasteiger partial charge in [-0.25, -0.2) is 14.8 Å². The second kappa shape index (κ2) is 11.2. The summed E-state index contributed by atoms with van der Waals surface area (Å²) < 4.78 is 5.56. The molecule has 0 radical (unpaired) electrons. The fraction of sp³-hybridized carbons (Fsp3) is 0.586. The summed E-state index contributed by atoms with van der Waals surface area (Å²) >= 11 is 0. The predicted octanol–water partition coefficient (Wildman–Crippen LogP) is 2.62. The summed E-state index contributed by atoms with van der Waals surface area (Å²) in [6.07, 6.45) is 6.16. The van der Waals surface area contributed by atoms with Gasteiger partial charge in [0, 0.05) is 38.9 Å². The number of hydrogen-bond acceptors (Lipinski definition) is 8. The van der Waals surface area contributed by atoms with Gasteiger partial charge in [-0.1, -0.05) is 12.1 Å². The molecule has 4 aliphatic rings. The summed E-state index contributed by atoms with van der Waals surface area (Å²) in [5, 5.41) is 3.29. The zero-order chi connectivity index (χ0) is 27.8. The van der Waals surface area contributed by atoms with Crippen LogP contribution >= 0.6 is 0 Å². The fourth-order valence-electron chi connectivity index (χ4n) is 6.54. The maximum absolute atomic E-state index is 12.6. The molecule has 214 valence electrons. The first-order valence-corrected chi connectivity index (χ1v) is 14.5. The van der Waals surface area contributed by atoms with Crippen LogP contribution in [0.2, 0.25) is 0 Å². The van der Waals surface area contributed by atoms with Crippen LogP contribution in [0.3, 0.4) is 0 Å². The summed E-state index contributed by atoms with van der Waals surface area (Å²) in [7, 11) is 1.84. The summed E-state index contributed by atoms with van der Waals surface area (Å²) in [4.78, 5) is 42.4. The average Bonchev–Trinajstić information content (AvgIpc) is 3.30. The number of carbonyl (C=O) groups is 2. The van der Waals surface area contributed by atoms with Gasteiger partial charge in [-0.05, 0) is 69.3 Å². The van der Waals surface area contributed by atoms with Gasteiger partial charge in [0.1, 0.15) is 5.82 Å². The van der Waals surface area contributed by atoms with Crippen molar-refractivity contribution in [1.29, 1.82) is 0 Å². The van der Waals surface area contributed by atoms with Crippen LogP contribution < -0.4 is 16.0 Å². The third-order valence-electron chi connectivity index (χ3n) is 9.12. The van der Waals surface area contributed by atoms with Crippen LogP contribution in [0.25, 0.3) is 0 Å². The number of rotatable bonds is 7. The van der Waals surface area contributed by atoms with Crippen molar-refractivity contribution < 1.29 is 14.3 Å². The summed E-state index contributed by atoms with van der Waals surface area (Å²) in [5.41, 5.74) is 7.93. The van der Waals surface area contributed by atoms with E-state index >= 15 is 0 Å². The lowest BCUT2D eigenvalue weighted by molar-refractivity contribution is -0.129. The van der Waals surface area contributed by atoms with E-state index in [1.807, 2.05) is 24.1 Å².